The highest BCUT2D eigenvalue weighted by atomic mass is 35.5. The van der Waals surface area contributed by atoms with Gasteiger partial charge in [0.25, 0.3) is 0 Å². The van der Waals surface area contributed by atoms with Crippen LogP contribution in [-0.2, 0) is 4.74 Å². The van der Waals surface area contributed by atoms with Gasteiger partial charge in [-0.2, -0.15) is 0 Å². The molecule has 0 bridgehead atoms. The largest absolute Gasteiger partial charge is 0.444 e. The van der Waals surface area contributed by atoms with Crippen LogP contribution in [-0.4, -0.2) is 27.9 Å². The van der Waals surface area contributed by atoms with Crippen LogP contribution >= 0.6 is 11.6 Å². The van der Waals surface area contributed by atoms with Crippen molar-refractivity contribution in [3.8, 4) is 0 Å². The van der Waals surface area contributed by atoms with Crippen molar-refractivity contribution >= 4 is 35.3 Å². The third kappa shape index (κ3) is 3.71. The number of hydrogen-bond donors (Lipinski definition) is 1. The zero-order chi connectivity index (χ0) is 17.3. The normalized spacial score (nSPS) is 15.9. The summed E-state index contributed by atoms with van der Waals surface area (Å²) in [6.45, 7) is 5.45. The van der Waals surface area contributed by atoms with E-state index in [-0.39, 0.29) is 11.2 Å². The van der Waals surface area contributed by atoms with E-state index < -0.39 is 11.7 Å². The van der Waals surface area contributed by atoms with Gasteiger partial charge in [0, 0.05) is 11.9 Å². The summed E-state index contributed by atoms with van der Waals surface area (Å²) in [6.07, 6.45) is 2.90. The summed E-state index contributed by atoms with van der Waals surface area (Å²) in [5.74, 6) is -0.124. The molecule has 3 rings (SSSR count). The van der Waals surface area contributed by atoms with Gasteiger partial charge in [0.2, 0.25) is 5.28 Å². The maximum absolute atomic E-state index is 11.9. The highest BCUT2D eigenvalue weighted by Gasteiger charge is 2.24. The van der Waals surface area contributed by atoms with E-state index in [1.165, 1.54) is 0 Å². The summed E-state index contributed by atoms with van der Waals surface area (Å²) in [6, 6.07) is 7.47. The van der Waals surface area contributed by atoms with Gasteiger partial charge >= 0.3 is 6.09 Å². The first-order valence-electron chi connectivity index (χ1n) is 7.48. The molecule has 1 aliphatic rings. The number of benzene rings is 1. The minimum Gasteiger partial charge on any atom is -0.444 e. The van der Waals surface area contributed by atoms with Crippen LogP contribution in [0.3, 0.4) is 0 Å². The molecular formula is C17H17ClN4O2. The van der Waals surface area contributed by atoms with Crippen molar-refractivity contribution < 1.29 is 9.53 Å². The first kappa shape index (κ1) is 16.4. The first-order chi connectivity index (χ1) is 11.3. The Kier molecular flexibility index (Phi) is 4.24. The molecule has 0 fully saturated rings. The molecule has 1 amide bonds. The summed E-state index contributed by atoms with van der Waals surface area (Å²) >= 11 is 5.89. The maximum Gasteiger partial charge on any atom is 0.412 e. The number of carbonyl (C=O) groups excluding carboxylic acids is 1. The second kappa shape index (κ2) is 6.20. The number of rotatable bonds is 2. The molecular weight excluding hydrogens is 328 g/mol. The lowest BCUT2D eigenvalue weighted by atomic mass is 9.97. The van der Waals surface area contributed by atoms with Gasteiger partial charge in [-0.3, -0.25) is 10.3 Å². The lowest BCUT2D eigenvalue weighted by Crippen LogP contribution is -2.27. The van der Waals surface area contributed by atoms with E-state index in [1.807, 2.05) is 39.0 Å². The van der Waals surface area contributed by atoms with Crippen LogP contribution in [0.4, 0.5) is 16.2 Å². The standard InChI is InChI=1S/C17H17ClN4O2/c1-17(2,3)24-16(23)21-11-6-4-5-10(7-11)12-8-19-13-9-20-15(18)22-14(12)13/h4-9,12H,1-3H3,(H,21,23). The van der Waals surface area contributed by atoms with Gasteiger partial charge in [-0.05, 0) is 50.1 Å². The van der Waals surface area contributed by atoms with Crippen LogP contribution in [0.5, 0.6) is 0 Å². The van der Waals surface area contributed by atoms with Gasteiger partial charge in [0.1, 0.15) is 11.3 Å². The maximum atomic E-state index is 11.9. The Balaban J connectivity index is 1.82. The quantitative estimate of drug-likeness (QED) is 0.823. The minimum absolute atomic E-state index is 0.124. The molecule has 1 unspecified atom stereocenters. The third-order valence-corrected chi connectivity index (χ3v) is 3.50. The van der Waals surface area contributed by atoms with Crippen molar-refractivity contribution in [3.63, 3.8) is 0 Å². The van der Waals surface area contributed by atoms with Gasteiger partial charge in [-0.15, -0.1) is 0 Å². The number of nitrogens with one attached hydrogen (secondary N) is 1. The Morgan fingerprint density at radius 1 is 1.33 bits per heavy atom. The van der Waals surface area contributed by atoms with Crippen LogP contribution in [0.1, 0.15) is 37.9 Å². The molecule has 124 valence electrons. The Labute approximate surface area is 145 Å². The Hall–Kier alpha value is -2.47. The highest BCUT2D eigenvalue weighted by Crippen LogP contribution is 2.35. The van der Waals surface area contributed by atoms with Gasteiger partial charge in [-0.1, -0.05) is 12.1 Å². The Morgan fingerprint density at radius 3 is 2.88 bits per heavy atom. The van der Waals surface area contributed by atoms with Gasteiger partial charge < -0.3 is 4.74 Å². The Morgan fingerprint density at radius 2 is 2.12 bits per heavy atom. The zero-order valence-corrected chi connectivity index (χ0v) is 14.3. The van der Waals surface area contributed by atoms with E-state index in [2.05, 4.69) is 20.3 Å². The fourth-order valence-corrected chi connectivity index (χ4v) is 2.53. The summed E-state index contributed by atoms with van der Waals surface area (Å²) in [5.41, 5.74) is 2.50. The number of fused-ring (bicyclic) bond motifs is 1. The zero-order valence-electron chi connectivity index (χ0n) is 13.6. The van der Waals surface area contributed by atoms with E-state index in [0.29, 0.717) is 11.4 Å². The summed E-state index contributed by atoms with van der Waals surface area (Å²) in [4.78, 5) is 24.4. The van der Waals surface area contributed by atoms with Crippen molar-refractivity contribution in [2.45, 2.75) is 32.3 Å². The number of aromatic nitrogens is 2. The van der Waals surface area contributed by atoms with Gasteiger partial charge in [0.15, 0.2) is 0 Å². The van der Waals surface area contributed by atoms with Gasteiger partial charge in [-0.25, -0.2) is 14.8 Å². The van der Waals surface area contributed by atoms with E-state index in [1.54, 1.807) is 18.5 Å². The van der Waals surface area contributed by atoms with Crippen LogP contribution in [0.15, 0.2) is 35.5 Å². The SMILES string of the molecule is CC(C)(C)OC(=O)Nc1cccc(C2C=Nc3cnc(Cl)nc32)c1. The molecule has 0 saturated heterocycles. The summed E-state index contributed by atoms with van der Waals surface area (Å²) in [7, 11) is 0. The molecule has 1 atom stereocenters. The van der Waals surface area contributed by atoms with Crippen molar-refractivity contribution in [3.05, 3.63) is 47.0 Å². The third-order valence-electron chi connectivity index (χ3n) is 3.32. The number of aliphatic imine (C=N–C) groups is 1. The molecule has 0 spiro atoms. The number of nitrogens with zero attached hydrogens (tertiary/aromatic N) is 3. The molecule has 1 aromatic carbocycles. The minimum atomic E-state index is -0.549. The van der Waals surface area contributed by atoms with Crippen molar-refractivity contribution in [1.82, 2.24) is 9.97 Å². The van der Waals surface area contributed by atoms with Crippen LogP contribution in [0.2, 0.25) is 5.28 Å². The fraction of sp³-hybridized carbons (Fsp3) is 0.294. The number of anilines is 1. The second-order valence-electron chi connectivity index (χ2n) is 6.42. The molecule has 24 heavy (non-hydrogen) atoms. The van der Waals surface area contributed by atoms with E-state index >= 15 is 0 Å². The Bertz CT molecular complexity index is 814. The topological polar surface area (TPSA) is 76.5 Å². The molecule has 0 radical (unpaired) electrons. The van der Waals surface area contributed by atoms with Crippen molar-refractivity contribution in [2.75, 3.05) is 5.32 Å². The van der Waals surface area contributed by atoms with E-state index in [4.69, 9.17) is 16.3 Å². The summed E-state index contributed by atoms with van der Waals surface area (Å²) < 4.78 is 5.26. The van der Waals surface area contributed by atoms with Gasteiger partial charge in [0.05, 0.1) is 17.8 Å². The molecule has 0 saturated carbocycles. The lowest BCUT2D eigenvalue weighted by molar-refractivity contribution is 0.0636. The van der Waals surface area contributed by atoms with E-state index in [9.17, 15) is 4.79 Å². The number of halogens is 1. The molecule has 7 heteroatoms. The highest BCUT2D eigenvalue weighted by molar-refractivity contribution is 6.28. The molecule has 0 aliphatic carbocycles. The average Bonchev–Trinajstić information content (AvgIpc) is 2.88. The molecule has 2 aromatic rings. The first-order valence-corrected chi connectivity index (χ1v) is 7.86. The molecule has 6 nitrogen and oxygen atoms in total. The van der Waals surface area contributed by atoms with Crippen LogP contribution in [0, 0.1) is 0 Å². The number of amides is 1. The van der Waals surface area contributed by atoms with Crippen molar-refractivity contribution in [1.29, 1.82) is 0 Å². The van der Waals surface area contributed by atoms with Crippen molar-refractivity contribution in [2.24, 2.45) is 4.99 Å². The monoisotopic (exact) mass is 344 g/mol. The lowest BCUT2D eigenvalue weighted by Gasteiger charge is -2.20. The van der Waals surface area contributed by atoms with Crippen LogP contribution in [0.25, 0.3) is 0 Å². The number of carbonyl (C=O) groups is 1. The molecule has 2 heterocycles. The predicted molar refractivity (Wildman–Crippen MR) is 93.3 cm³/mol. The smallest absolute Gasteiger partial charge is 0.412 e. The van der Waals surface area contributed by atoms with Crippen LogP contribution < -0.4 is 5.32 Å². The summed E-state index contributed by atoms with van der Waals surface area (Å²) in [5, 5.41) is 2.92. The number of ether oxygens (including phenoxy) is 1. The second-order valence-corrected chi connectivity index (χ2v) is 6.76. The average molecular weight is 345 g/mol. The molecule has 1 N–H and O–H groups in total. The molecule has 1 aromatic heterocycles. The number of hydrogen-bond acceptors (Lipinski definition) is 5. The molecule has 1 aliphatic heterocycles. The van der Waals surface area contributed by atoms with E-state index in [0.717, 1.165) is 11.3 Å². The fourth-order valence-electron chi connectivity index (χ4n) is 2.40. The predicted octanol–water partition coefficient (Wildman–Crippen LogP) is 4.32.